The third kappa shape index (κ3) is 2.30. The number of nitrogens with zero attached hydrogens (tertiary/aromatic N) is 2. The van der Waals surface area contributed by atoms with Crippen LogP contribution >= 0.6 is 0 Å². The zero-order valence-corrected chi connectivity index (χ0v) is 9.28. The maximum absolute atomic E-state index is 11.0. The molecule has 1 unspecified atom stereocenters. The van der Waals surface area contributed by atoms with E-state index in [1.807, 2.05) is 6.92 Å². The Morgan fingerprint density at radius 1 is 1.33 bits per heavy atom. The molecule has 0 aromatic heterocycles. The molecule has 2 aliphatic rings. The number of primary amides is 1. The fraction of sp³-hybridized carbons (Fsp3) is 0.900. The quantitative estimate of drug-likeness (QED) is 0.594. The maximum atomic E-state index is 11.0. The van der Waals surface area contributed by atoms with Gasteiger partial charge in [-0.25, -0.2) is 0 Å². The minimum atomic E-state index is -0.214. The van der Waals surface area contributed by atoms with Gasteiger partial charge in [0.1, 0.15) is 0 Å². The highest BCUT2D eigenvalue weighted by Gasteiger charge is 2.29. The molecule has 0 saturated carbocycles. The maximum Gasteiger partial charge on any atom is 0.234 e. The van der Waals surface area contributed by atoms with Gasteiger partial charge >= 0.3 is 0 Å². The van der Waals surface area contributed by atoms with Crippen molar-refractivity contribution in [1.82, 2.24) is 15.1 Å². The molecular weight excluding hydrogens is 192 g/mol. The van der Waals surface area contributed by atoms with Crippen molar-refractivity contribution in [2.75, 3.05) is 39.3 Å². The van der Waals surface area contributed by atoms with Gasteiger partial charge in [-0.15, -0.1) is 0 Å². The number of rotatable bonds is 3. The van der Waals surface area contributed by atoms with Crippen LogP contribution in [0.15, 0.2) is 0 Å². The Bertz CT molecular complexity index is 234. The van der Waals surface area contributed by atoms with E-state index in [-0.39, 0.29) is 11.9 Å². The second-order valence-electron chi connectivity index (χ2n) is 4.46. The summed E-state index contributed by atoms with van der Waals surface area (Å²) in [6.07, 6.45) is 0. The van der Waals surface area contributed by atoms with Crippen molar-refractivity contribution in [3.63, 3.8) is 0 Å². The van der Waals surface area contributed by atoms with Gasteiger partial charge in [0.2, 0.25) is 5.91 Å². The molecule has 2 aliphatic heterocycles. The number of piperazine rings is 1. The Morgan fingerprint density at radius 2 is 1.93 bits per heavy atom. The van der Waals surface area contributed by atoms with Crippen LogP contribution in [0.2, 0.25) is 0 Å². The number of nitrogens with one attached hydrogen (secondary N) is 1. The third-order valence-electron chi connectivity index (χ3n) is 3.58. The van der Waals surface area contributed by atoms with E-state index < -0.39 is 0 Å². The minimum absolute atomic E-state index is 0.119. The van der Waals surface area contributed by atoms with Gasteiger partial charge < -0.3 is 11.1 Å². The van der Waals surface area contributed by atoms with E-state index >= 15 is 0 Å². The van der Waals surface area contributed by atoms with E-state index in [0.717, 1.165) is 45.3 Å². The Kier molecular flexibility index (Phi) is 3.23. The third-order valence-corrected chi connectivity index (χ3v) is 3.58. The molecule has 5 nitrogen and oxygen atoms in total. The van der Waals surface area contributed by atoms with Crippen molar-refractivity contribution in [2.24, 2.45) is 5.73 Å². The predicted molar refractivity (Wildman–Crippen MR) is 58.5 cm³/mol. The van der Waals surface area contributed by atoms with Crippen LogP contribution in [0.1, 0.15) is 6.92 Å². The van der Waals surface area contributed by atoms with Crippen LogP contribution in [-0.4, -0.2) is 67.1 Å². The van der Waals surface area contributed by atoms with Crippen molar-refractivity contribution >= 4 is 5.91 Å². The van der Waals surface area contributed by atoms with E-state index in [4.69, 9.17) is 5.73 Å². The molecule has 3 N–H and O–H groups in total. The average molecular weight is 212 g/mol. The largest absolute Gasteiger partial charge is 0.368 e. The summed E-state index contributed by atoms with van der Waals surface area (Å²) < 4.78 is 0. The zero-order valence-electron chi connectivity index (χ0n) is 9.28. The van der Waals surface area contributed by atoms with E-state index in [1.54, 1.807) is 0 Å². The first-order valence-electron chi connectivity index (χ1n) is 5.66. The highest BCUT2D eigenvalue weighted by Crippen LogP contribution is 2.11. The van der Waals surface area contributed by atoms with Gasteiger partial charge in [0, 0.05) is 45.3 Å². The molecule has 2 heterocycles. The summed E-state index contributed by atoms with van der Waals surface area (Å²) in [6, 6.07) is 0.600. The fourth-order valence-electron chi connectivity index (χ4n) is 2.20. The molecule has 1 atom stereocenters. The SMILES string of the molecule is CC(C(N)=O)N1CCN(C2CNC2)CC1. The number of carbonyl (C=O) groups excluding carboxylic acids is 1. The van der Waals surface area contributed by atoms with Crippen molar-refractivity contribution < 1.29 is 4.79 Å². The molecular formula is C10H20N4O. The van der Waals surface area contributed by atoms with Gasteiger partial charge in [-0.1, -0.05) is 0 Å². The summed E-state index contributed by atoms with van der Waals surface area (Å²) in [5, 5.41) is 3.28. The Hall–Kier alpha value is -0.650. The minimum Gasteiger partial charge on any atom is -0.368 e. The van der Waals surface area contributed by atoms with Crippen molar-refractivity contribution in [3.05, 3.63) is 0 Å². The molecule has 0 radical (unpaired) electrons. The lowest BCUT2D eigenvalue weighted by molar-refractivity contribution is -0.123. The van der Waals surface area contributed by atoms with E-state index in [0.29, 0.717) is 0 Å². The topological polar surface area (TPSA) is 61.6 Å². The van der Waals surface area contributed by atoms with Gasteiger partial charge in [-0.05, 0) is 6.92 Å². The summed E-state index contributed by atoms with van der Waals surface area (Å²) in [7, 11) is 0. The molecule has 1 amide bonds. The molecule has 0 spiro atoms. The normalized spacial score (nSPS) is 27.3. The van der Waals surface area contributed by atoms with E-state index in [2.05, 4.69) is 15.1 Å². The van der Waals surface area contributed by atoms with Crippen LogP contribution in [0.5, 0.6) is 0 Å². The first kappa shape index (κ1) is 10.9. The molecule has 0 aromatic carbocycles. The first-order chi connectivity index (χ1) is 7.18. The van der Waals surface area contributed by atoms with Crippen LogP contribution < -0.4 is 11.1 Å². The number of hydrogen-bond acceptors (Lipinski definition) is 4. The summed E-state index contributed by atoms with van der Waals surface area (Å²) >= 11 is 0. The first-order valence-corrected chi connectivity index (χ1v) is 5.66. The van der Waals surface area contributed by atoms with Gasteiger partial charge in [-0.2, -0.15) is 0 Å². The van der Waals surface area contributed by atoms with Crippen molar-refractivity contribution in [2.45, 2.75) is 19.0 Å². The van der Waals surface area contributed by atoms with Crippen LogP contribution in [0, 0.1) is 0 Å². The summed E-state index contributed by atoms with van der Waals surface area (Å²) in [4.78, 5) is 15.7. The molecule has 2 fully saturated rings. The molecule has 0 aromatic rings. The highest BCUT2D eigenvalue weighted by molar-refractivity contribution is 5.79. The molecule has 2 rings (SSSR count). The molecule has 0 aliphatic carbocycles. The highest BCUT2D eigenvalue weighted by atomic mass is 16.1. The number of amides is 1. The van der Waals surface area contributed by atoms with Gasteiger partial charge in [0.05, 0.1) is 6.04 Å². The van der Waals surface area contributed by atoms with Crippen molar-refractivity contribution in [3.8, 4) is 0 Å². The molecule has 15 heavy (non-hydrogen) atoms. The van der Waals surface area contributed by atoms with Crippen LogP contribution in [0.25, 0.3) is 0 Å². The molecule has 86 valence electrons. The summed E-state index contributed by atoms with van der Waals surface area (Å²) in [5.74, 6) is -0.214. The van der Waals surface area contributed by atoms with Crippen LogP contribution in [0.3, 0.4) is 0 Å². The lowest BCUT2D eigenvalue weighted by Crippen LogP contribution is -2.62. The Balaban J connectivity index is 1.78. The van der Waals surface area contributed by atoms with Gasteiger partial charge in [0.25, 0.3) is 0 Å². The Labute approximate surface area is 90.6 Å². The van der Waals surface area contributed by atoms with Crippen molar-refractivity contribution in [1.29, 1.82) is 0 Å². The monoisotopic (exact) mass is 212 g/mol. The number of carbonyl (C=O) groups is 1. The average Bonchev–Trinajstić information content (AvgIpc) is 2.15. The molecule has 5 heteroatoms. The second-order valence-corrected chi connectivity index (χ2v) is 4.46. The second kappa shape index (κ2) is 4.47. The molecule has 0 bridgehead atoms. The van der Waals surface area contributed by atoms with Crippen LogP contribution in [0.4, 0.5) is 0 Å². The van der Waals surface area contributed by atoms with Gasteiger partial charge in [-0.3, -0.25) is 14.6 Å². The predicted octanol–water partition coefficient (Wildman–Crippen LogP) is -1.55. The smallest absolute Gasteiger partial charge is 0.234 e. The van der Waals surface area contributed by atoms with Crippen LogP contribution in [-0.2, 0) is 4.79 Å². The lowest BCUT2D eigenvalue weighted by atomic mass is 10.1. The van der Waals surface area contributed by atoms with E-state index in [9.17, 15) is 4.79 Å². The lowest BCUT2D eigenvalue weighted by Gasteiger charge is -2.44. The summed E-state index contributed by atoms with van der Waals surface area (Å²) in [6.45, 7) is 8.16. The zero-order chi connectivity index (χ0) is 10.8. The van der Waals surface area contributed by atoms with Gasteiger partial charge in [0.15, 0.2) is 0 Å². The number of nitrogens with two attached hydrogens (primary N) is 1. The van der Waals surface area contributed by atoms with E-state index in [1.165, 1.54) is 0 Å². The fourth-order valence-corrected chi connectivity index (χ4v) is 2.20. The number of hydrogen-bond donors (Lipinski definition) is 2. The standard InChI is InChI=1S/C10H20N4O/c1-8(10(11)15)13-2-4-14(5-3-13)9-6-12-7-9/h8-9,12H,2-7H2,1H3,(H2,11,15). The molecule has 2 saturated heterocycles. The Morgan fingerprint density at radius 3 is 2.33 bits per heavy atom. The summed E-state index contributed by atoms with van der Waals surface area (Å²) in [5.41, 5.74) is 5.29.